The monoisotopic (exact) mass is 213 g/mol. The highest BCUT2D eigenvalue weighted by atomic mass is 35.5. The number of anilines is 1. The van der Waals surface area contributed by atoms with E-state index in [0.29, 0.717) is 17.1 Å². The van der Waals surface area contributed by atoms with Crippen molar-refractivity contribution in [2.75, 3.05) is 25.1 Å². The highest BCUT2D eigenvalue weighted by Gasteiger charge is 2.06. The fourth-order valence-electron chi connectivity index (χ4n) is 1.22. The van der Waals surface area contributed by atoms with Crippen LogP contribution in [0.5, 0.6) is 0 Å². The average molecular weight is 214 g/mol. The number of carbonyl (C=O) groups is 1. The van der Waals surface area contributed by atoms with Crippen LogP contribution in [0.1, 0.15) is 10.4 Å². The maximum Gasteiger partial charge on any atom is 0.152 e. The first-order valence-electron chi connectivity index (χ1n) is 4.25. The molecular formula is C10H12ClNO2. The Hall–Kier alpha value is -1.06. The van der Waals surface area contributed by atoms with E-state index in [1.165, 1.54) is 0 Å². The van der Waals surface area contributed by atoms with Crippen LogP contribution in [0.2, 0.25) is 5.02 Å². The zero-order valence-electron chi connectivity index (χ0n) is 7.90. The lowest BCUT2D eigenvalue weighted by Crippen LogP contribution is -2.22. The Labute approximate surface area is 87.9 Å². The minimum Gasteiger partial charge on any atom is -0.395 e. The molecule has 3 nitrogen and oxygen atoms in total. The predicted molar refractivity (Wildman–Crippen MR) is 57.2 cm³/mol. The normalized spacial score (nSPS) is 9.93. The highest BCUT2D eigenvalue weighted by molar-refractivity contribution is 6.31. The molecule has 1 aromatic carbocycles. The second kappa shape index (κ2) is 4.98. The number of halogens is 1. The lowest BCUT2D eigenvalue weighted by molar-refractivity contribution is 0.112. The molecule has 0 aromatic heterocycles. The van der Waals surface area contributed by atoms with Gasteiger partial charge in [0.1, 0.15) is 0 Å². The third-order valence-corrected chi connectivity index (χ3v) is 2.20. The van der Waals surface area contributed by atoms with Gasteiger partial charge in [0.05, 0.1) is 6.61 Å². The zero-order chi connectivity index (χ0) is 10.6. The molecule has 0 amide bonds. The Kier molecular flexibility index (Phi) is 3.92. The molecule has 4 heteroatoms. The van der Waals surface area contributed by atoms with Gasteiger partial charge in [0.25, 0.3) is 0 Å². The number of rotatable bonds is 4. The summed E-state index contributed by atoms with van der Waals surface area (Å²) in [6.45, 7) is 0.516. The smallest absolute Gasteiger partial charge is 0.152 e. The van der Waals surface area contributed by atoms with Gasteiger partial charge in [-0.15, -0.1) is 0 Å². The Balaban J connectivity index is 3.03. The fraction of sp³-hybridized carbons (Fsp3) is 0.300. The molecule has 76 valence electrons. The number of hydrogen-bond acceptors (Lipinski definition) is 3. The SMILES string of the molecule is CN(CCO)c1cc(Cl)ccc1C=O. The first kappa shape index (κ1) is 11.0. The molecule has 0 fully saturated rings. The van der Waals surface area contributed by atoms with Crippen LogP contribution >= 0.6 is 11.6 Å². The summed E-state index contributed by atoms with van der Waals surface area (Å²) >= 11 is 5.81. The average Bonchev–Trinajstić information content (AvgIpc) is 2.18. The standard InChI is InChI=1S/C10H12ClNO2/c1-12(4-5-13)10-6-9(11)3-2-8(10)7-14/h2-3,6-7,13H,4-5H2,1H3. The summed E-state index contributed by atoms with van der Waals surface area (Å²) in [6.07, 6.45) is 0.777. The van der Waals surface area contributed by atoms with E-state index >= 15 is 0 Å². The Morgan fingerprint density at radius 1 is 1.57 bits per heavy atom. The number of benzene rings is 1. The Morgan fingerprint density at radius 2 is 2.29 bits per heavy atom. The number of aldehydes is 1. The van der Waals surface area contributed by atoms with Gasteiger partial charge in [0, 0.05) is 29.9 Å². The van der Waals surface area contributed by atoms with Crippen molar-refractivity contribution in [3.05, 3.63) is 28.8 Å². The Morgan fingerprint density at radius 3 is 2.86 bits per heavy atom. The third-order valence-electron chi connectivity index (χ3n) is 1.97. The molecule has 0 unspecified atom stereocenters. The summed E-state index contributed by atoms with van der Waals surface area (Å²) in [7, 11) is 1.80. The maximum atomic E-state index is 10.7. The van der Waals surface area contributed by atoms with Crippen molar-refractivity contribution in [2.45, 2.75) is 0 Å². The van der Waals surface area contributed by atoms with Gasteiger partial charge < -0.3 is 10.0 Å². The molecule has 0 spiro atoms. The maximum absolute atomic E-state index is 10.7. The topological polar surface area (TPSA) is 40.5 Å². The second-order valence-electron chi connectivity index (χ2n) is 2.97. The van der Waals surface area contributed by atoms with Gasteiger partial charge in [0.2, 0.25) is 0 Å². The van der Waals surface area contributed by atoms with Crippen LogP contribution in [0, 0.1) is 0 Å². The van der Waals surface area contributed by atoms with Gasteiger partial charge in [-0.1, -0.05) is 11.6 Å². The van der Waals surface area contributed by atoms with E-state index in [2.05, 4.69) is 0 Å². The summed E-state index contributed by atoms with van der Waals surface area (Å²) < 4.78 is 0. The summed E-state index contributed by atoms with van der Waals surface area (Å²) in [4.78, 5) is 12.5. The number of hydrogen-bond donors (Lipinski definition) is 1. The molecule has 0 aliphatic heterocycles. The van der Waals surface area contributed by atoms with Gasteiger partial charge in [-0.05, 0) is 18.2 Å². The first-order valence-corrected chi connectivity index (χ1v) is 4.63. The van der Waals surface area contributed by atoms with E-state index < -0.39 is 0 Å². The molecule has 0 radical (unpaired) electrons. The quantitative estimate of drug-likeness (QED) is 0.773. The lowest BCUT2D eigenvalue weighted by Gasteiger charge is -2.19. The van der Waals surface area contributed by atoms with Crippen LogP contribution in [0.4, 0.5) is 5.69 Å². The minimum absolute atomic E-state index is 0.0430. The van der Waals surface area contributed by atoms with Crippen molar-refractivity contribution in [3.8, 4) is 0 Å². The molecule has 0 saturated heterocycles. The van der Waals surface area contributed by atoms with E-state index in [1.807, 2.05) is 0 Å². The van der Waals surface area contributed by atoms with Crippen LogP contribution in [-0.2, 0) is 0 Å². The number of carbonyl (C=O) groups excluding carboxylic acids is 1. The minimum atomic E-state index is 0.0430. The van der Waals surface area contributed by atoms with E-state index in [-0.39, 0.29) is 6.61 Å². The molecule has 1 N–H and O–H groups in total. The largest absolute Gasteiger partial charge is 0.395 e. The van der Waals surface area contributed by atoms with Crippen molar-refractivity contribution < 1.29 is 9.90 Å². The van der Waals surface area contributed by atoms with Crippen molar-refractivity contribution in [1.82, 2.24) is 0 Å². The van der Waals surface area contributed by atoms with Crippen LogP contribution in [0.3, 0.4) is 0 Å². The molecule has 0 atom stereocenters. The van der Waals surface area contributed by atoms with Crippen LogP contribution < -0.4 is 4.90 Å². The number of aliphatic hydroxyl groups excluding tert-OH is 1. The molecule has 0 heterocycles. The molecule has 0 aliphatic rings. The molecule has 0 saturated carbocycles. The van der Waals surface area contributed by atoms with E-state index in [4.69, 9.17) is 16.7 Å². The van der Waals surface area contributed by atoms with Crippen LogP contribution in [0.25, 0.3) is 0 Å². The van der Waals surface area contributed by atoms with Crippen LogP contribution in [0.15, 0.2) is 18.2 Å². The zero-order valence-corrected chi connectivity index (χ0v) is 8.66. The van der Waals surface area contributed by atoms with Gasteiger partial charge >= 0.3 is 0 Å². The molecule has 0 bridgehead atoms. The Bertz CT molecular complexity index is 328. The number of nitrogens with zero attached hydrogens (tertiary/aromatic N) is 1. The van der Waals surface area contributed by atoms with Crippen molar-refractivity contribution in [3.63, 3.8) is 0 Å². The first-order chi connectivity index (χ1) is 6.69. The highest BCUT2D eigenvalue weighted by Crippen LogP contribution is 2.22. The van der Waals surface area contributed by atoms with Crippen LogP contribution in [-0.4, -0.2) is 31.6 Å². The summed E-state index contributed by atoms with van der Waals surface area (Å²) in [6, 6.07) is 5.04. The molecule has 1 aromatic rings. The lowest BCUT2D eigenvalue weighted by atomic mass is 10.2. The summed E-state index contributed by atoms with van der Waals surface area (Å²) in [5.74, 6) is 0. The van der Waals surface area contributed by atoms with Gasteiger partial charge in [-0.2, -0.15) is 0 Å². The number of aliphatic hydroxyl groups is 1. The van der Waals surface area contributed by atoms with E-state index in [9.17, 15) is 4.79 Å². The third kappa shape index (κ3) is 2.47. The van der Waals surface area contributed by atoms with Gasteiger partial charge in [0.15, 0.2) is 6.29 Å². The summed E-state index contributed by atoms with van der Waals surface area (Å²) in [5.41, 5.74) is 1.31. The molecule has 1 rings (SSSR count). The van der Waals surface area contributed by atoms with Crippen molar-refractivity contribution in [1.29, 1.82) is 0 Å². The summed E-state index contributed by atoms with van der Waals surface area (Å²) in [5, 5.41) is 9.35. The van der Waals surface area contributed by atoms with Gasteiger partial charge in [-0.25, -0.2) is 0 Å². The molecular weight excluding hydrogens is 202 g/mol. The predicted octanol–water partition coefficient (Wildman–Crippen LogP) is 1.58. The van der Waals surface area contributed by atoms with Crippen molar-refractivity contribution in [2.24, 2.45) is 0 Å². The van der Waals surface area contributed by atoms with E-state index in [0.717, 1.165) is 12.0 Å². The molecule has 14 heavy (non-hydrogen) atoms. The molecule has 0 aliphatic carbocycles. The fourth-order valence-corrected chi connectivity index (χ4v) is 1.38. The van der Waals surface area contributed by atoms with Crippen molar-refractivity contribution >= 4 is 23.6 Å². The van der Waals surface area contributed by atoms with Gasteiger partial charge in [-0.3, -0.25) is 4.79 Å². The second-order valence-corrected chi connectivity index (χ2v) is 3.40. The number of likely N-dealkylation sites (N-methyl/N-ethyl adjacent to an activating group) is 1. The van der Waals surface area contributed by atoms with E-state index in [1.54, 1.807) is 30.1 Å².